The molecule has 3 nitrogen and oxygen atoms in total. The first-order chi connectivity index (χ1) is 9.86. The van der Waals surface area contributed by atoms with Crippen LogP contribution in [-0.4, -0.2) is 30.0 Å². The molecule has 0 aromatic heterocycles. The third-order valence-corrected chi connectivity index (χ3v) is 4.26. The molecule has 0 radical (unpaired) electrons. The molecule has 116 valence electrons. The molecule has 0 N–H and O–H groups in total. The lowest BCUT2D eigenvalue weighted by Gasteiger charge is -2.36. The van der Waals surface area contributed by atoms with Gasteiger partial charge in [-0.1, -0.05) is 37.0 Å². The first-order valence-corrected chi connectivity index (χ1v) is 8.03. The van der Waals surface area contributed by atoms with Crippen LogP contribution in [0.3, 0.4) is 0 Å². The van der Waals surface area contributed by atoms with Crippen molar-refractivity contribution in [2.45, 2.75) is 33.3 Å². The fourth-order valence-corrected chi connectivity index (χ4v) is 3.36. The van der Waals surface area contributed by atoms with Crippen molar-refractivity contribution in [3.63, 3.8) is 0 Å². The number of amides is 1. The first kappa shape index (κ1) is 16.4. The van der Waals surface area contributed by atoms with Gasteiger partial charge in [0, 0.05) is 18.1 Å². The minimum atomic E-state index is -0.554. The zero-order valence-corrected chi connectivity index (χ0v) is 14.1. The second-order valence-electron chi connectivity index (χ2n) is 6.02. The molecule has 1 amide bonds. The van der Waals surface area contributed by atoms with Crippen LogP contribution in [0.15, 0.2) is 18.2 Å². The lowest BCUT2D eigenvalue weighted by atomic mass is 9.91. The van der Waals surface area contributed by atoms with Crippen LogP contribution in [0.5, 0.6) is 5.75 Å². The summed E-state index contributed by atoms with van der Waals surface area (Å²) in [6.07, 6.45) is 0.614. The summed E-state index contributed by atoms with van der Waals surface area (Å²) in [4.78, 5) is 14.4. The molecule has 1 heterocycles. The van der Waals surface area contributed by atoms with Gasteiger partial charge in [-0.3, -0.25) is 4.79 Å². The number of piperidine rings is 1. The average molecular weight is 330 g/mol. The fourth-order valence-electron chi connectivity index (χ4n) is 2.91. The van der Waals surface area contributed by atoms with Gasteiger partial charge in [0.1, 0.15) is 5.75 Å². The van der Waals surface area contributed by atoms with Gasteiger partial charge in [-0.2, -0.15) is 0 Å². The predicted molar refractivity (Wildman–Crippen MR) is 86.1 cm³/mol. The second-order valence-corrected chi connectivity index (χ2v) is 6.87. The van der Waals surface area contributed by atoms with E-state index in [9.17, 15) is 4.79 Å². The molecule has 0 bridgehead atoms. The normalized spacial score (nSPS) is 23.8. The molecule has 1 aliphatic rings. The number of benzene rings is 1. The molecule has 3 unspecified atom stereocenters. The molecule has 0 spiro atoms. The number of nitrogens with zero attached hydrogens (tertiary/aromatic N) is 1. The molecule has 1 aromatic carbocycles. The third-order valence-electron chi connectivity index (χ3n) is 3.73. The maximum atomic E-state index is 12.5. The summed E-state index contributed by atoms with van der Waals surface area (Å²) in [6.45, 7) is 7.71. The van der Waals surface area contributed by atoms with Gasteiger partial charge in [0.15, 0.2) is 6.10 Å². The Morgan fingerprint density at radius 2 is 1.90 bits per heavy atom. The standard InChI is InChI=1S/C16H21Cl2NO2/c1-10-6-11(2)9-19(8-10)16(20)12(3)21-15-5-4-13(17)7-14(15)18/h4-5,7,10-12H,6,8-9H2,1-3H3. The Bertz CT molecular complexity index is 511. The highest BCUT2D eigenvalue weighted by atomic mass is 35.5. The lowest BCUT2D eigenvalue weighted by Crippen LogP contribution is -2.47. The predicted octanol–water partition coefficient (Wildman–Crippen LogP) is 4.27. The summed E-state index contributed by atoms with van der Waals surface area (Å²) in [5.74, 6) is 1.56. The zero-order chi connectivity index (χ0) is 15.6. The Morgan fingerprint density at radius 1 is 1.29 bits per heavy atom. The van der Waals surface area contributed by atoms with E-state index in [2.05, 4.69) is 13.8 Å². The molecule has 3 atom stereocenters. The van der Waals surface area contributed by atoms with Gasteiger partial charge in [-0.25, -0.2) is 0 Å². The van der Waals surface area contributed by atoms with Crippen LogP contribution in [0, 0.1) is 11.8 Å². The molecule has 0 aliphatic carbocycles. The minimum Gasteiger partial charge on any atom is -0.479 e. The second kappa shape index (κ2) is 6.89. The van der Waals surface area contributed by atoms with E-state index >= 15 is 0 Å². The van der Waals surface area contributed by atoms with E-state index in [1.165, 1.54) is 6.42 Å². The van der Waals surface area contributed by atoms with Crippen molar-refractivity contribution < 1.29 is 9.53 Å². The van der Waals surface area contributed by atoms with Crippen molar-refractivity contribution in [3.05, 3.63) is 28.2 Å². The highest BCUT2D eigenvalue weighted by Gasteiger charge is 2.29. The first-order valence-electron chi connectivity index (χ1n) is 7.27. The van der Waals surface area contributed by atoms with Crippen molar-refractivity contribution in [2.75, 3.05) is 13.1 Å². The van der Waals surface area contributed by atoms with Crippen LogP contribution in [-0.2, 0) is 4.79 Å². The summed E-state index contributed by atoms with van der Waals surface area (Å²) >= 11 is 11.9. The van der Waals surface area contributed by atoms with Gasteiger partial charge in [0.2, 0.25) is 0 Å². The largest absolute Gasteiger partial charge is 0.479 e. The molecule has 1 fully saturated rings. The van der Waals surface area contributed by atoms with E-state index in [1.807, 2.05) is 4.90 Å². The zero-order valence-electron chi connectivity index (χ0n) is 12.6. The topological polar surface area (TPSA) is 29.5 Å². The number of likely N-dealkylation sites (tertiary alicyclic amines) is 1. The van der Waals surface area contributed by atoms with Gasteiger partial charge in [0.25, 0.3) is 5.91 Å². The van der Waals surface area contributed by atoms with Crippen LogP contribution < -0.4 is 4.74 Å². The number of ether oxygens (including phenoxy) is 1. The Kier molecular flexibility index (Phi) is 5.39. The molecular weight excluding hydrogens is 309 g/mol. The number of carbonyl (C=O) groups is 1. The lowest BCUT2D eigenvalue weighted by molar-refractivity contribution is -0.140. The Labute approximate surface area is 136 Å². The van der Waals surface area contributed by atoms with Gasteiger partial charge in [-0.05, 0) is 43.4 Å². The summed E-state index contributed by atoms with van der Waals surface area (Å²) < 4.78 is 5.70. The number of halogens is 2. The summed E-state index contributed by atoms with van der Waals surface area (Å²) in [5.41, 5.74) is 0. The molecule has 0 saturated carbocycles. The van der Waals surface area contributed by atoms with Gasteiger partial charge < -0.3 is 9.64 Å². The Morgan fingerprint density at radius 3 is 2.48 bits per heavy atom. The summed E-state index contributed by atoms with van der Waals surface area (Å²) in [6, 6.07) is 5.00. The maximum absolute atomic E-state index is 12.5. The summed E-state index contributed by atoms with van der Waals surface area (Å²) in [7, 11) is 0. The molecule has 2 rings (SSSR count). The van der Waals surface area contributed by atoms with E-state index in [-0.39, 0.29) is 5.91 Å². The molecule has 1 aliphatic heterocycles. The average Bonchev–Trinajstić information content (AvgIpc) is 2.40. The van der Waals surface area contributed by atoms with Gasteiger partial charge >= 0.3 is 0 Å². The maximum Gasteiger partial charge on any atom is 0.263 e. The highest BCUT2D eigenvalue weighted by molar-refractivity contribution is 6.35. The van der Waals surface area contributed by atoms with Crippen LogP contribution in [0.25, 0.3) is 0 Å². The van der Waals surface area contributed by atoms with Crippen LogP contribution in [0.4, 0.5) is 0 Å². The van der Waals surface area contributed by atoms with E-state index in [0.29, 0.717) is 27.6 Å². The van der Waals surface area contributed by atoms with Crippen LogP contribution >= 0.6 is 23.2 Å². The molecule has 1 aromatic rings. The van der Waals surface area contributed by atoms with Crippen molar-refractivity contribution in [3.8, 4) is 5.75 Å². The van der Waals surface area contributed by atoms with Crippen molar-refractivity contribution in [2.24, 2.45) is 11.8 Å². The quantitative estimate of drug-likeness (QED) is 0.828. The van der Waals surface area contributed by atoms with E-state index < -0.39 is 6.10 Å². The van der Waals surface area contributed by atoms with Crippen molar-refractivity contribution >= 4 is 29.1 Å². The summed E-state index contributed by atoms with van der Waals surface area (Å²) in [5, 5.41) is 0.965. The van der Waals surface area contributed by atoms with E-state index in [0.717, 1.165) is 13.1 Å². The number of rotatable bonds is 3. The minimum absolute atomic E-state index is 0.0133. The van der Waals surface area contributed by atoms with Gasteiger partial charge in [-0.15, -0.1) is 0 Å². The third kappa shape index (κ3) is 4.27. The van der Waals surface area contributed by atoms with Gasteiger partial charge in [0.05, 0.1) is 5.02 Å². The number of carbonyl (C=O) groups excluding carboxylic acids is 1. The van der Waals surface area contributed by atoms with Crippen molar-refractivity contribution in [1.29, 1.82) is 0 Å². The van der Waals surface area contributed by atoms with Crippen LogP contribution in [0.2, 0.25) is 10.0 Å². The monoisotopic (exact) mass is 329 g/mol. The number of hydrogen-bond donors (Lipinski definition) is 0. The van der Waals surface area contributed by atoms with Crippen molar-refractivity contribution in [1.82, 2.24) is 4.90 Å². The highest BCUT2D eigenvalue weighted by Crippen LogP contribution is 2.29. The number of hydrogen-bond acceptors (Lipinski definition) is 2. The molecule has 21 heavy (non-hydrogen) atoms. The fraction of sp³-hybridized carbons (Fsp3) is 0.562. The Balaban J connectivity index is 2.02. The smallest absolute Gasteiger partial charge is 0.263 e. The van der Waals surface area contributed by atoms with E-state index in [4.69, 9.17) is 27.9 Å². The molecular formula is C16H21Cl2NO2. The van der Waals surface area contributed by atoms with Crippen LogP contribution in [0.1, 0.15) is 27.2 Å². The molecule has 1 saturated heterocycles. The SMILES string of the molecule is CC1CC(C)CN(C(=O)C(C)Oc2ccc(Cl)cc2Cl)C1. The Hall–Kier alpha value is -0.930. The van der Waals surface area contributed by atoms with E-state index in [1.54, 1.807) is 25.1 Å². The molecule has 5 heteroatoms.